The largest absolute Gasteiger partial charge is 0.314 e. The van der Waals surface area contributed by atoms with Gasteiger partial charge < -0.3 is 21.3 Å². The Morgan fingerprint density at radius 2 is 1.40 bits per heavy atom. The normalized spacial score (nSPS) is 21.7. The summed E-state index contributed by atoms with van der Waals surface area (Å²) in [7, 11) is 0. The summed E-state index contributed by atoms with van der Waals surface area (Å²) in [5.74, 6) is 0. The molecule has 0 saturated carbocycles. The molecule has 4 nitrogen and oxygen atoms in total. The Balaban J connectivity index is 1.50. The van der Waals surface area contributed by atoms with Crippen LogP contribution < -0.4 is 21.3 Å². The topological polar surface area (TPSA) is 48.1 Å². The summed E-state index contributed by atoms with van der Waals surface area (Å²) in [6.07, 6.45) is 1.06. The lowest BCUT2D eigenvalue weighted by Gasteiger charge is -2.22. The first kappa shape index (κ1) is 16.7. The highest BCUT2D eigenvalue weighted by Crippen LogP contribution is 2.37. The van der Waals surface area contributed by atoms with Crippen molar-refractivity contribution in [1.29, 1.82) is 0 Å². The van der Waals surface area contributed by atoms with Crippen LogP contribution in [0.15, 0.2) is 42.5 Å². The second kappa shape index (κ2) is 8.11. The predicted octanol–water partition coefficient (Wildman–Crippen LogP) is 1.67. The van der Waals surface area contributed by atoms with Crippen molar-refractivity contribution >= 4 is 0 Å². The molecule has 1 aliphatic carbocycles. The van der Waals surface area contributed by atoms with Crippen LogP contribution >= 0.6 is 0 Å². The lowest BCUT2D eigenvalue weighted by molar-refractivity contribution is 0.463. The highest BCUT2D eigenvalue weighted by atomic mass is 15.0. The Labute approximate surface area is 150 Å². The van der Waals surface area contributed by atoms with E-state index in [1.54, 1.807) is 0 Å². The monoisotopic (exact) mass is 336 g/mol. The van der Waals surface area contributed by atoms with Crippen molar-refractivity contribution in [2.75, 3.05) is 45.8 Å². The Morgan fingerprint density at radius 3 is 2.28 bits per heavy atom. The molecule has 132 valence electrons. The molecule has 2 aliphatic rings. The molecule has 1 fully saturated rings. The van der Waals surface area contributed by atoms with Crippen LogP contribution in [0.3, 0.4) is 0 Å². The van der Waals surface area contributed by atoms with Gasteiger partial charge in [-0.3, -0.25) is 0 Å². The van der Waals surface area contributed by atoms with Crippen LogP contribution in [0, 0.1) is 0 Å². The summed E-state index contributed by atoms with van der Waals surface area (Å²) in [6, 6.07) is 16.2. The molecular weight excluding hydrogens is 308 g/mol. The van der Waals surface area contributed by atoms with Crippen LogP contribution in [0.4, 0.5) is 0 Å². The highest BCUT2D eigenvalue weighted by molar-refractivity contribution is 5.77. The summed E-state index contributed by atoms with van der Waals surface area (Å²) in [5, 5.41) is 14.3. The molecule has 0 spiro atoms. The maximum absolute atomic E-state index is 3.72. The number of nitrogens with one attached hydrogen (secondary N) is 4. The van der Waals surface area contributed by atoms with Gasteiger partial charge in [0.05, 0.1) is 0 Å². The van der Waals surface area contributed by atoms with E-state index in [9.17, 15) is 0 Å². The van der Waals surface area contributed by atoms with E-state index in [-0.39, 0.29) is 0 Å². The SMILES string of the molecule is c1ccc2c(c1)Cc1cc(C3CNCCNCCNCCN3)ccc1-2. The standard InChI is InChI=1S/C21H28N4/c1-2-4-19-16(3-1)13-18-14-17(5-6-20(18)19)21-15-24-10-9-22-7-8-23-11-12-25-21/h1-6,14,21-25H,7-13,15H2. The lowest BCUT2D eigenvalue weighted by atomic mass is 9.99. The molecule has 1 unspecified atom stereocenters. The van der Waals surface area contributed by atoms with Crippen molar-refractivity contribution in [3.05, 3.63) is 59.2 Å². The molecule has 0 radical (unpaired) electrons. The molecule has 1 heterocycles. The van der Waals surface area contributed by atoms with Crippen LogP contribution in [-0.2, 0) is 6.42 Å². The Bertz CT molecular complexity index is 701. The number of hydrogen-bond acceptors (Lipinski definition) is 4. The van der Waals surface area contributed by atoms with Gasteiger partial charge in [-0.05, 0) is 34.2 Å². The minimum Gasteiger partial charge on any atom is -0.314 e. The van der Waals surface area contributed by atoms with Crippen molar-refractivity contribution in [1.82, 2.24) is 21.3 Å². The van der Waals surface area contributed by atoms with Gasteiger partial charge >= 0.3 is 0 Å². The Morgan fingerprint density at radius 1 is 0.680 bits per heavy atom. The molecule has 2 aromatic carbocycles. The third kappa shape index (κ3) is 3.93. The summed E-state index contributed by atoms with van der Waals surface area (Å²) in [6.45, 7) is 7.06. The van der Waals surface area contributed by atoms with Crippen LogP contribution in [0.25, 0.3) is 11.1 Å². The van der Waals surface area contributed by atoms with Crippen LogP contribution in [-0.4, -0.2) is 45.8 Å². The van der Waals surface area contributed by atoms with E-state index in [0.29, 0.717) is 6.04 Å². The van der Waals surface area contributed by atoms with E-state index in [1.807, 2.05) is 0 Å². The third-order valence-corrected chi connectivity index (χ3v) is 5.22. The maximum Gasteiger partial charge on any atom is 0.0447 e. The molecule has 1 atom stereocenters. The zero-order chi connectivity index (χ0) is 16.9. The lowest BCUT2D eigenvalue weighted by Crippen LogP contribution is -2.41. The average Bonchev–Trinajstić information content (AvgIpc) is 3.00. The molecule has 0 amide bonds. The van der Waals surface area contributed by atoms with E-state index in [2.05, 4.69) is 63.7 Å². The second-order valence-corrected chi connectivity index (χ2v) is 6.96. The Hall–Kier alpha value is -1.72. The van der Waals surface area contributed by atoms with Gasteiger partial charge in [-0.25, -0.2) is 0 Å². The first-order valence-electron chi connectivity index (χ1n) is 9.48. The minimum atomic E-state index is 0.357. The quantitative estimate of drug-likeness (QED) is 0.546. The summed E-state index contributed by atoms with van der Waals surface area (Å²) < 4.78 is 0. The molecule has 25 heavy (non-hydrogen) atoms. The second-order valence-electron chi connectivity index (χ2n) is 6.96. The van der Waals surface area contributed by atoms with E-state index >= 15 is 0 Å². The van der Waals surface area contributed by atoms with Crippen LogP contribution in [0.5, 0.6) is 0 Å². The summed E-state index contributed by atoms with van der Waals surface area (Å²) >= 11 is 0. The van der Waals surface area contributed by atoms with E-state index in [4.69, 9.17) is 0 Å². The highest BCUT2D eigenvalue weighted by Gasteiger charge is 2.20. The minimum absolute atomic E-state index is 0.357. The van der Waals surface area contributed by atoms with Gasteiger partial charge in [0.2, 0.25) is 0 Å². The first-order valence-corrected chi connectivity index (χ1v) is 9.48. The molecule has 0 aromatic heterocycles. The third-order valence-electron chi connectivity index (χ3n) is 5.22. The number of fused-ring (bicyclic) bond motifs is 3. The maximum atomic E-state index is 3.72. The van der Waals surface area contributed by atoms with Gasteiger partial charge in [0, 0.05) is 51.9 Å². The van der Waals surface area contributed by atoms with Crippen molar-refractivity contribution in [3.8, 4) is 11.1 Å². The average molecular weight is 336 g/mol. The Kier molecular flexibility index (Phi) is 5.43. The fourth-order valence-electron chi connectivity index (χ4n) is 3.87. The van der Waals surface area contributed by atoms with Gasteiger partial charge in [0.1, 0.15) is 0 Å². The van der Waals surface area contributed by atoms with E-state index in [0.717, 1.165) is 52.2 Å². The molecule has 0 bridgehead atoms. The van der Waals surface area contributed by atoms with Gasteiger partial charge in [0.25, 0.3) is 0 Å². The van der Waals surface area contributed by atoms with Crippen LogP contribution in [0.1, 0.15) is 22.7 Å². The van der Waals surface area contributed by atoms with Gasteiger partial charge in [-0.2, -0.15) is 0 Å². The van der Waals surface area contributed by atoms with Crippen molar-refractivity contribution in [2.24, 2.45) is 0 Å². The molecule has 1 aliphatic heterocycles. The van der Waals surface area contributed by atoms with E-state index in [1.165, 1.54) is 27.8 Å². The zero-order valence-electron chi connectivity index (χ0n) is 14.8. The molecule has 4 heteroatoms. The molecular formula is C21H28N4. The summed E-state index contributed by atoms with van der Waals surface area (Å²) in [4.78, 5) is 0. The molecule has 4 rings (SSSR count). The number of benzene rings is 2. The number of rotatable bonds is 1. The van der Waals surface area contributed by atoms with Crippen molar-refractivity contribution < 1.29 is 0 Å². The smallest absolute Gasteiger partial charge is 0.0447 e. The summed E-state index contributed by atoms with van der Waals surface area (Å²) in [5.41, 5.74) is 7.13. The fourth-order valence-corrected chi connectivity index (χ4v) is 3.87. The fraction of sp³-hybridized carbons (Fsp3) is 0.429. The molecule has 2 aromatic rings. The molecule has 4 N–H and O–H groups in total. The number of hydrogen-bond donors (Lipinski definition) is 4. The van der Waals surface area contributed by atoms with Gasteiger partial charge in [-0.1, -0.05) is 42.5 Å². The van der Waals surface area contributed by atoms with Gasteiger partial charge in [-0.15, -0.1) is 0 Å². The van der Waals surface area contributed by atoms with Crippen molar-refractivity contribution in [2.45, 2.75) is 12.5 Å². The predicted molar refractivity (Wildman–Crippen MR) is 104 cm³/mol. The van der Waals surface area contributed by atoms with Gasteiger partial charge in [0.15, 0.2) is 0 Å². The van der Waals surface area contributed by atoms with Crippen molar-refractivity contribution in [3.63, 3.8) is 0 Å². The zero-order valence-corrected chi connectivity index (χ0v) is 14.8. The van der Waals surface area contributed by atoms with E-state index < -0.39 is 0 Å². The van der Waals surface area contributed by atoms with Crippen LogP contribution in [0.2, 0.25) is 0 Å². The first-order chi connectivity index (χ1) is 12.4. The molecule has 1 saturated heterocycles.